The predicted octanol–water partition coefficient (Wildman–Crippen LogP) is 4.54. The van der Waals surface area contributed by atoms with Gasteiger partial charge in [-0.15, -0.1) is 24.0 Å². The molecule has 0 radical (unpaired) electrons. The van der Waals surface area contributed by atoms with Crippen molar-refractivity contribution in [3.05, 3.63) is 66.1 Å². The highest BCUT2D eigenvalue weighted by atomic mass is 127. The zero-order valence-corrected chi connectivity index (χ0v) is 20.9. The predicted molar refractivity (Wildman–Crippen MR) is 136 cm³/mol. The molecule has 3 aromatic rings. The summed E-state index contributed by atoms with van der Waals surface area (Å²) < 4.78 is 16.5. The SMILES string of the molecule is CN=C(NCc1coc(-c2ccccc2)n1)N1CCC(c2cc(OC)cc(OC)c2)C1.I. The van der Waals surface area contributed by atoms with Crippen LogP contribution in [-0.2, 0) is 6.54 Å². The molecule has 32 heavy (non-hydrogen) atoms. The van der Waals surface area contributed by atoms with Gasteiger partial charge in [-0.2, -0.15) is 0 Å². The first-order valence-corrected chi connectivity index (χ1v) is 10.4. The Morgan fingerprint density at radius 1 is 1.16 bits per heavy atom. The van der Waals surface area contributed by atoms with Crippen molar-refractivity contribution in [2.24, 2.45) is 4.99 Å². The van der Waals surface area contributed by atoms with Crippen LogP contribution in [0.4, 0.5) is 0 Å². The molecule has 7 nitrogen and oxygen atoms in total. The summed E-state index contributed by atoms with van der Waals surface area (Å²) in [5.74, 6) is 3.51. The summed E-state index contributed by atoms with van der Waals surface area (Å²) in [6.45, 7) is 2.36. The van der Waals surface area contributed by atoms with Crippen molar-refractivity contribution >= 4 is 29.9 Å². The summed E-state index contributed by atoms with van der Waals surface area (Å²) in [4.78, 5) is 11.3. The molecule has 0 saturated carbocycles. The number of likely N-dealkylation sites (tertiary alicyclic amines) is 1. The number of ether oxygens (including phenoxy) is 2. The Morgan fingerprint density at radius 3 is 2.53 bits per heavy atom. The summed E-state index contributed by atoms with van der Waals surface area (Å²) in [5.41, 5.74) is 3.03. The second kappa shape index (κ2) is 11.2. The van der Waals surface area contributed by atoms with Crippen molar-refractivity contribution in [1.82, 2.24) is 15.2 Å². The van der Waals surface area contributed by atoms with Gasteiger partial charge in [-0.25, -0.2) is 4.98 Å². The van der Waals surface area contributed by atoms with E-state index in [1.807, 2.05) is 43.4 Å². The van der Waals surface area contributed by atoms with E-state index in [-0.39, 0.29) is 24.0 Å². The maximum Gasteiger partial charge on any atom is 0.226 e. The zero-order valence-electron chi connectivity index (χ0n) is 18.6. The number of methoxy groups -OCH3 is 2. The Morgan fingerprint density at radius 2 is 1.88 bits per heavy atom. The first kappa shape index (κ1) is 23.9. The molecule has 4 rings (SSSR count). The van der Waals surface area contributed by atoms with Gasteiger partial charge in [0.05, 0.1) is 26.5 Å². The fourth-order valence-electron chi connectivity index (χ4n) is 3.89. The average molecular weight is 548 g/mol. The molecule has 1 atom stereocenters. The number of oxazole rings is 1. The van der Waals surface area contributed by atoms with Gasteiger partial charge >= 0.3 is 0 Å². The Kier molecular flexibility index (Phi) is 8.38. The van der Waals surface area contributed by atoms with Crippen molar-refractivity contribution in [3.8, 4) is 23.0 Å². The minimum Gasteiger partial charge on any atom is -0.497 e. The molecule has 0 bridgehead atoms. The van der Waals surface area contributed by atoms with Crippen LogP contribution < -0.4 is 14.8 Å². The summed E-state index contributed by atoms with van der Waals surface area (Å²) in [6, 6.07) is 16.0. The molecule has 1 fully saturated rings. The van der Waals surface area contributed by atoms with Crippen LogP contribution in [0, 0.1) is 0 Å². The number of hydrogen-bond acceptors (Lipinski definition) is 5. The van der Waals surface area contributed by atoms with Crippen molar-refractivity contribution < 1.29 is 13.9 Å². The van der Waals surface area contributed by atoms with Gasteiger partial charge in [0.1, 0.15) is 17.8 Å². The minimum absolute atomic E-state index is 0. The lowest BCUT2D eigenvalue weighted by atomic mass is 9.98. The molecule has 0 spiro atoms. The number of halogens is 1. The number of aromatic nitrogens is 1. The van der Waals surface area contributed by atoms with Gasteiger partial charge in [-0.3, -0.25) is 4.99 Å². The van der Waals surface area contributed by atoms with Gasteiger partial charge in [0.2, 0.25) is 5.89 Å². The van der Waals surface area contributed by atoms with Crippen LogP contribution in [0.2, 0.25) is 0 Å². The van der Waals surface area contributed by atoms with Crippen LogP contribution in [0.1, 0.15) is 23.6 Å². The van der Waals surface area contributed by atoms with Crippen LogP contribution in [0.5, 0.6) is 11.5 Å². The number of aliphatic imine (C=N–C) groups is 1. The molecule has 1 saturated heterocycles. The molecule has 1 aromatic heterocycles. The van der Waals surface area contributed by atoms with Crippen molar-refractivity contribution in [3.63, 3.8) is 0 Å². The molecule has 1 aliphatic heterocycles. The Hall–Kier alpha value is -2.75. The van der Waals surface area contributed by atoms with Crippen molar-refractivity contribution in [2.45, 2.75) is 18.9 Å². The highest BCUT2D eigenvalue weighted by Crippen LogP contribution is 2.33. The molecule has 0 aliphatic carbocycles. The molecule has 2 heterocycles. The maximum atomic E-state index is 5.63. The van der Waals surface area contributed by atoms with Gasteiger partial charge in [0.15, 0.2) is 5.96 Å². The third-order valence-corrected chi connectivity index (χ3v) is 5.54. The van der Waals surface area contributed by atoms with E-state index in [0.29, 0.717) is 18.4 Å². The van der Waals surface area contributed by atoms with Crippen LogP contribution in [0.25, 0.3) is 11.5 Å². The molecule has 8 heteroatoms. The van der Waals surface area contributed by atoms with E-state index < -0.39 is 0 Å². The van der Waals surface area contributed by atoms with Crippen molar-refractivity contribution in [2.75, 3.05) is 34.4 Å². The molecule has 1 N–H and O–H groups in total. The quantitative estimate of drug-likeness (QED) is 0.277. The molecule has 170 valence electrons. The molecule has 2 aromatic carbocycles. The van der Waals surface area contributed by atoms with Gasteiger partial charge in [0.25, 0.3) is 0 Å². The lowest BCUT2D eigenvalue weighted by molar-refractivity contribution is 0.392. The van der Waals surface area contributed by atoms with Crippen LogP contribution in [-0.4, -0.2) is 50.2 Å². The van der Waals surface area contributed by atoms with Crippen LogP contribution in [0.15, 0.2) is 64.2 Å². The average Bonchev–Trinajstić information content (AvgIpc) is 3.50. The van der Waals surface area contributed by atoms with E-state index >= 15 is 0 Å². The third-order valence-electron chi connectivity index (χ3n) is 5.54. The van der Waals surface area contributed by atoms with E-state index in [0.717, 1.165) is 48.2 Å². The second-order valence-electron chi connectivity index (χ2n) is 7.49. The summed E-state index contributed by atoms with van der Waals surface area (Å²) >= 11 is 0. The minimum atomic E-state index is 0. The number of rotatable bonds is 6. The largest absolute Gasteiger partial charge is 0.497 e. The number of nitrogens with one attached hydrogen (secondary N) is 1. The topological polar surface area (TPSA) is 72.1 Å². The van der Waals surface area contributed by atoms with Gasteiger partial charge in [-0.05, 0) is 36.2 Å². The summed E-state index contributed by atoms with van der Waals surface area (Å²) in [6.07, 6.45) is 2.73. The maximum absolute atomic E-state index is 5.63. The lowest BCUT2D eigenvalue weighted by Crippen LogP contribution is -2.39. The Balaban J connectivity index is 0.00000289. The van der Waals surface area contributed by atoms with E-state index in [4.69, 9.17) is 13.9 Å². The van der Waals surface area contributed by atoms with E-state index in [1.165, 1.54) is 5.56 Å². The standard InChI is InChI=1S/C24H28N4O3.HI/c1-25-24(26-14-20-16-31-23(27-20)17-7-5-4-6-8-17)28-10-9-18(15-28)19-11-21(29-2)13-22(12-19)30-3;/h4-8,11-13,16,18H,9-10,14-15H2,1-3H3,(H,25,26);1H. The number of nitrogens with zero attached hydrogens (tertiary/aromatic N) is 3. The fourth-order valence-corrected chi connectivity index (χ4v) is 3.89. The summed E-state index contributed by atoms with van der Waals surface area (Å²) in [7, 11) is 5.17. The lowest BCUT2D eigenvalue weighted by Gasteiger charge is -2.21. The van der Waals surface area contributed by atoms with E-state index in [2.05, 4.69) is 32.3 Å². The number of hydrogen-bond donors (Lipinski definition) is 1. The smallest absolute Gasteiger partial charge is 0.226 e. The molecular weight excluding hydrogens is 519 g/mol. The van der Waals surface area contributed by atoms with E-state index in [1.54, 1.807) is 20.5 Å². The van der Waals surface area contributed by atoms with Crippen LogP contribution >= 0.6 is 24.0 Å². The normalized spacial score (nSPS) is 15.9. The Bertz CT molecular complexity index is 1020. The number of guanidine groups is 1. The van der Waals surface area contributed by atoms with Gasteiger partial charge < -0.3 is 24.1 Å². The third kappa shape index (κ3) is 5.53. The van der Waals surface area contributed by atoms with Gasteiger partial charge in [-0.1, -0.05) is 18.2 Å². The summed E-state index contributed by atoms with van der Waals surface area (Å²) in [5, 5.41) is 3.41. The second-order valence-corrected chi connectivity index (χ2v) is 7.49. The van der Waals surface area contributed by atoms with Crippen molar-refractivity contribution in [1.29, 1.82) is 0 Å². The first-order valence-electron chi connectivity index (χ1n) is 10.4. The highest BCUT2D eigenvalue weighted by molar-refractivity contribution is 14.0. The molecule has 0 amide bonds. The molecular formula is C24H29IN4O3. The fraction of sp³-hybridized carbons (Fsp3) is 0.333. The molecule has 1 unspecified atom stereocenters. The first-order chi connectivity index (χ1) is 15.2. The van der Waals surface area contributed by atoms with Crippen LogP contribution in [0.3, 0.4) is 0 Å². The Labute approximate surface area is 205 Å². The van der Waals surface area contributed by atoms with E-state index in [9.17, 15) is 0 Å². The highest BCUT2D eigenvalue weighted by Gasteiger charge is 2.27. The van der Waals surface area contributed by atoms with Gasteiger partial charge in [0, 0.05) is 37.7 Å². The number of benzene rings is 2. The monoisotopic (exact) mass is 548 g/mol. The molecule has 1 aliphatic rings. The zero-order chi connectivity index (χ0) is 21.6.